The first kappa shape index (κ1) is 15.0. The molecule has 23 heavy (non-hydrogen) atoms. The number of rotatable bonds is 5. The summed E-state index contributed by atoms with van der Waals surface area (Å²) in [6.07, 6.45) is 1.94. The van der Waals surface area contributed by atoms with Crippen LogP contribution in [-0.2, 0) is 13.0 Å². The summed E-state index contributed by atoms with van der Waals surface area (Å²) < 4.78 is 1.84. The van der Waals surface area contributed by atoms with Crippen molar-refractivity contribution in [3.8, 4) is 17.3 Å². The van der Waals surface area contributed by atoms with E-state index >= 15 is 0 Å². The summed E-state index contributed by atoms with van der Waals surface area (Å²) in [5.41, 5.74) is 4.67. The molecule has 2 aromatic carbocycles. The lowest BCUT2D eigenvalue weighted by atomic mass is 10.1. The van der Waals surface area contributed by atoms with Gasteiger partial charge in [0, 0.05) is 12.1 Å². The highest BCUT2D eigenvalue weighted by molar-refractivity contribution is 5.65. The second kappa shape index (κ2) is 6.89. The molecular weight excluding hydrogens is 284 g/mol. The first-order valence-electron chi connectivity index (χ1n) is 7.72. The first-order chi connectivity index (χ1) is 11.3. The van der Waals surface area contributed by atoms with Gasteiger partial charge < -0.3 is 0 Å². The van der Waals surface area contributed by atoms with E-state index in [-0.39, 0.29) is 0 Å². The third kappa shape index (κ3) is 3.46. The second-order valence-electron chi connectivity index (χ2n) is 5.58. The van der Waals surface area contributed by atoms with Gasteiger partial charge in [-0.25, -0.2) is 4.68 Å². The normalized spacial score (nSPS) is 10.4. The molecule has 0 fully saturated rings. The zero-order valence-electron chi connectivity index (χ0n) is 13.1. The Bertz CT molecular complexity index is 811. The highest BCUT2D eigenvalue weighted by Gasteiger charge is 2.14. The summed E-state index contributed by atoms with van der Waals surface area (Å²) in [6.45, 7) is 2.79. The van der Waals surface area contributed by atoms with Gasteiger partial charge in [-0.2, -0.15) is 5.26 Å². The van der Waals surface area contributed by atoms with E-state index in [1.807, 2.05) is 41.9 Å². The lowest BCUT2D eigenvalue weighted by Gasteiger charge is -2.07. The van der Waals surface area contributed by atoms with Gasteiger partial charge in [-0.3, -0.25) is 0 Å². The quantitative estimate of drug-likeness (QED) is 0.721. The molecule has 0 saturated carbocycles. The van der Waals surface area contributed by atoms with Crippen LogP contribution in [0.25, 0.3) is 11.3 Å². The van der Waals surface area contributed by atoms with Crippen molar-refractivity contribution in [2.45, 2.75) is 26.3 Å². The molecule has 0 bridgehead atoms. The Kier molecular flexibility index (Phi) is 4.49. The molecule has 0 spiro atoms. The monoisotopic (exact) mass is 302 g/mol. The molecule has 0 atom stereocenters. The predicted molar refractivity (Wildman–Crippen MR) is 89.7 cm³/mol. The van der Waals surface area contributed by atoms with E-state index in [0.29, 0.717) is 5.69 Å². The van der Waals surface area contributed by atoms with Crippen molar-refractivity contribution in [3.63, 3.8) is 0 Å². The van der Waals surface area contributed by atoms with E-state index in [0.717, 1.165) is 30.6 Å². The van der Waals surface area contributed by atoms with Crippen molar-refractivity contribution in [1.29, 1.82) is 5.26 Å². The van der Waals surface area contributed by atoms with Gasteiger partial charge in [0.05, 0.1) is 0 Å². The van der Waals surface area contributed by atoms with Crippen LogP contribution >= 0.6 is 0 Å². The van der Waals surface area contributed by atoms with Gasteiger partial charge in [0.1, 0.15) is 11.8 Å². The molecule has 0 aliphatic heterocycles. The largest absolute Gasteiger partial charge is 0.243 e. The van der Waals surface area contributed by atoms with Gasteiger partial charge in [-0.15, -0.1) is 5.10 Å². The fourth-order valence-electron chi connectivity index (χ4n) is 2.62. The van der Waals surface area contributed by atoms with Crippen LogP contribution in [-0.4, -0.2) is 15.0 Å². The van der Waals surface area contributed by atoms with E-state index < -0.39 is 0 Å². The van der Waals surface area contributed by atoms with Crippen LogP contribution in [0.3, 0.4) is 0 Å². The molecule has 0 aliphatic rings. The first-order valence-corrected chi connectivity index (χ1v) is 7.72. The van der Waals surface area contributed by atoms with Gasteiger partial charge >= 0.3 is 0 Å². The van der Waals surface area contributed by atoms with E-state index in [1.54, 1.807) is 0 Å². The molecule has 0 saturated heterocycles. The van der Waals surface area contributed by atoms with Crippen LogP contribution < -0.4 is 0 Å². The number of nitriles is 1. The minimum atomic E-state index is 0.383. The molecule has 0 amide bonds. The Morgan fingerprint density at radius 3 is 2.48 bits per heavy atom. The fourth-order valence-corrected chi connectivity index (χ4v) is 2.62. The van der Waals surface area contributed by atoms with Gasteiger partial charge in [-0.1, -0.05) is 65.4 Å². The fraction of sp³-hybridized carbons (Fsp3) is 0.211. The molecule has 3 aromatic rings. The molecular formula is C19H18N4. The molecule has 0 aliphatic carbocycles. The standard InChI is InChI=1S/C19H18N4/c1-15-9-11-17(12-10-15)19-18(14-20)21-22-23(19)13-5-8-16-6-3-2-4-7-16/h2-4,6-7,9-12H,5,8,13H2,1H3. The maximum absolute atomic E-state index is 9.29. The van der Waals surface area contributed by atoms with Crippen LogP contribution in [0.15, 0.2) is 54.6 Å². The zero-order valence-corrected chi connectivity index (χ0v) is 13.1. The van der Waals surface area contributed by atoms with Gasteiger partial charge in [-0.05, 0) is 25.3 Å². The average Bonchev–Trinajstić information content (AvgIpc) is 2.99. The number of hydrogen-bond acceptors (Lipinski definition) is 3. The molecule has 0 N–H and O–H groups in total. The van der Waals surface area contributed by atoms with Crippen LogP contribution in [0, 0.1) is 18.3 Å². The van der Waals surface area contributed by atoms with E-state index in [1.165, 1.54) is 11.1 Å². The molecule has 114 valence electrons. The predicted octanol–water partition coefficient (Wildman–Crippen LogP) is 3.76. The molecule has 3 rings (SSSR count). The summed E-state index contributed by atoms with van der Waals surface area (Å²) in [7, 11) is 0. The summed E-state index contributed by atoms with van der Waals surface area (Å²) in [5.74, 6) is 0. The molecule has 1 heterocycles. The van der Waals surface area contributed by atoms with Crippen LogP contribution in [0.5, 0.6) is 0 Å². The van der Waals surface area contributed by atoms with E-state index in [4.69, 9.17) is 0 Å². The number of nitrogens with zero attached hydrogens (tertiary/aromatic N) is 4. The highest BCUT2D eigenvalue weighted by Crippen LogP contribution is 2.22. The Labute approximate surface area is 136 Å². The van der Waals surface area contributed by atoms with Crippen molar-refractivity contribution in [2.75, 3.05) is 0 Å². The molecule has 0 radical (unpaired) electrons. The van der Waals surface area contributed by atoms with Gasteiger partial charge in [0.25, 0.3) is 0 Å². The van der Waals surface area contributed by atoms with Crippen molar-refractivity contribution in [3.05, 3.63) is 71.4 Å². The lowest BCUT2D eigenvalue weighted by Crippen LogP contribution is -2.04. The molecule has 0 unspecified atom stereocenters. The highest BCUT2D eigenvalue weighted by atomic mass is 15.4. The van der Waals surface area contributed by atoms with Crippen LogP contribution in [0.1, 0.15) is 23.2 Å². The van der Waals surface area contributed by atoms with Crippen LogP contribution in [0.4, 0.5) is 0 Å². The lowest BCUT2D eigenvalue weighted by molar-refractivity contribution is 0.563. The maximum Gasteiger partial charge on any atom is 0.190 e. The Morgan fingerprint density at radius 2 is 1.78 bits per heavy atom. The molecule has 4 heteroatoms. The van der Waals surface area contributed by atoms with Crippen LogP contribution in [0.2, 0.25) is 0 Å². The third-order valence-electron chi connectivity index (χ3n) is 3.84. The number of aryl methyl sites for hydroxylation is 3. The van der Waals surface area contributed by atoms with Crippen molar-refractivity contribution < 1.29 is 0 Å². The smallest absolute Gasteiger partial charge is 0.190 e. The minimum absolute atomic E-state index is 0.383. The summed E-state index contributed by atoms with van der Waals surface area (Å²) >= 11 is 0. The van der Waals surface area contributed by atoms with E-state index in [9.17, 15) is 5.26 Å². The summed E-state index contributed by atoms with van der Waals surface area (Å²) in [6, 6.07) is 20.6. The molecule has 1 aromatic heterocycles. The van der Waals surface area contributed by atoms with Crippen molar-refractivity contribution in [1.82, 2.24) is 15.0 Å². The average molecular weight is 302 g/mol. The SMILES string of the molecule is Cc1ccc(-c2c(C#N)nnn2CCCc2ccccc2)cc1. The maximum atomic E-state index is 9.29. The van der Waals surface area contributed by atoms with Crippen molar-refractivity contribution >= 4 is 0 Å². The van der Waals surface area contributed by atoms with Gasteiger partial charge in [0.2, 0.25) is 0 Å². The molecule has 4 nitrogen and oxygen atoms in total. The second-order valence-corrected chi connectivity index (χ2v) is 5.58. The van der Waals surface area contributed by atoms with Gasteiger partial charge in [0.15, 0.2) is 5.69 Å². The van der Waals surface area contributed by atoms with E-state index in [2.05, 4.69) is 40.6 Å². The summed E-state index contributed by atoms with van der Waals surface area (Å²) in [4.78, 5) is 0. The minimum Gasteiger partial charge on any atom is -0.243 e. The Hall–Kier alpha value is -2.93. The van der Waals surface area contributed by atoms with Crippen molar-refractivity contribution in [2.24, 2.45) is 0 Å². The third-order valence-corrected chi connectivity index (χ3v) is 3.84. The zero-order chi connectivity index (χ0) is 16.1. The number of benzene rings is 2. The number of hydrogen-bond donors (Lipinski definition) is 0. The Balaban J connectivity index is 1.79. The Morgan fingerprint density at radius 1 is 1.04 bits per heavy atom. The summed E-state index contributed by atoms with van der Waals surface area (Å²) in [5, 5.41) is 17.5. The number of aromatic nitrogens is 3. The topological polar surface area (TPSA) is 54.5 Å².